The largest absolute Gasteiger partial charge is 0.283 e. The number of aryl methyl sites for hydroxylation is 2. The number of halogens is 1. The Balaban J connectivity index is 2.78. The third kappa shape index (κ3) is 1.99. The summed E-state index contributed by atoms with van der Waals surface area (Å²) in [6.07, 6.45) is 2.88. The molecule has 0 aliphatic carbocycles. The van der Waals surface area contributed by atoms with Gasteiger partial charge in [0.05, 0.1) is 11.1 Å². The number of rotatable bonds is 2. The van der Waals surface area contributed by atoms with Gasteiger partial charge in [-0.1, -0.05) is 22.0 Å². The number of benzene rings is 1. The van der Waals surface area contributed by atoms with Crippen LogP contribution in [0.3, 0.4) is 0 Å². The smallest absolute Gasteiger partial charge is 0.199 e. The van der Waals surface area contributed by atoms with Crippen LogP contribution in [0.25, 0.3) is 0 Å². The average Bonchev–Trinajstić information content (AvgIpc) is 2.79. The average molecular weight is 329 g/mol. The van der Waals surface area contributed by atoms with Crippen molar-refractivity contribution in [3.63, 3.8) is 0 Å². The Morgan fingerprint density at radius 1 is 1.22 bits per heavy atom. The van der Waals surface area contributed by atoms with E-state index in [-0.39, 0.29) is 0 Å². The highest BCUT2D eigenvalue weighted by molar-refractivity contribution is 9.10. The lowest BCUT2D eigenvalue weighted by Crippen LogP contribution is -2.16. The Labute approximate surface area is 115 Å². The standard InChI is InChI=1S/C12H13BrN2O2S/c1-8-7-9(2)12(10(3)11(8)13)18(16,17)15-6-4-5-14-15/h4-7H,1-3H3. The molecule has 0 radical (unpaired) electrons. The highest BCUT2D eigenvalue weighted by atomic mass is 79.9. The second-order valence-electron chi connectivity index (χ2n) is 4.16. The summed E-state index contributed by atoms with van der Waals surface area (Å²) in [5.74, 6) is 0. The Kier molecular flexibility index (Phi) is 3.33. The summed E-state index contributed by atoms with van der Waals surface area (Å²) in [5, 5.41) is 3.81. The van der Waals surface area contributed by atoms with Crippen molar-refractivity contribution in [1.29, 1.82) is 0 Å². The molecule has 0 amide bonds. The van der Waals surface area contributed by atoms with Crippen LogP contribution in [0.2, 0.25) is 0 Å². The molecule has 0 atom stereocenters. The van der Waals surface area contributed by atoms with Gasteiger partial charge < -0.3 is 0 Å². The van der Waals surface area contributed by atoms with Crippen molar-refractivity contribution in [2.45, 2.75) is 25.7 Å². The maximum atomic E-state index is 12.5. The lowest BCUT2D eigenvalue weighted by atomic mass is 10.1. The van der Waals surface area contributed by atoms with Gasteiger partial charge in [-0.15, -0.1) is 0 Å². The minimum atomic E-state index is -3.62. The summed E-state index contributed by atoms with van der Waals surface area (Å²) < 4.78 is 26.8. The van der Waals surface area contributed by atoms with Crippen LogP contribution in [-0.4, -0.2) is 17.6 Å². The van der Waals surface area contributed by atoms with Gasteiger partial charge in [-0.25, -0.2) is 0 Å². The number of hydrogen-bond donors (Lipinski definition) is 0. The van der Waals surface area contributed by atoms with Gasteiger partial charge >= 0.3 is 0 Å². The molecule has 0 aliphatic heterocycles. The lowest BCUT2D eigenvalue weighted by Gasteiger charge is -2.14. The van der Waals surface area contributed by atoms with Gasteiger partial charge in [0, 0.05) is 10.7 Å². The normalized spacial score (nSPS) is 11.8. The molecule has 0 fully saturated rings. The van der Waals surface area contributed by atoms with Crippen LogP contribution in [0, 0.1) is 20.8 Å². The van der Waals surface area contributed by atoms with Crippen LogP contribution < -0.4 is 0 Å². The van der Waals surface area contributed by atoms with E-state index in [2.05, 4.69) is 21.0 Å². The Bertz CT molecular complexity index is 691. The summed E-state index contributed by atoms with van der Waals surface area (Å²) in [7, 11) is -3.62. The summed E-state index contributed by atoms with van der Waals surface area (Å²) >= 11 is 3.43. The second kappa shape index (κ2) is 4.51. The van der Waals surface area contributed by atoms with Crippen molar-refractivity contribution in [3.8, 4) is 0 Å². The predicted molar refractivity (Wildman–Crippen MR) is 73.2 cm³/mol. The SMILES string of the molecule is Cc1cc(C)c(S(=O)(=O)n2cccn2)c(C)c1Br. The van der Waals surface area contributed by atoms with Gasteiger partial charge in [0.1, 0.15) is 0 Å². The van der Waals surface area contributed by atoms with Crippen molar-refractivity contribution < 1.29 is 8.42 Å². The molecule has 0 bridgehead atoms. The monoisotopic (exact) mass is 328 g/mol. The van der Waals surface area contributed by atoms with Crippen molar-refractivity contribution in [2.75, 3.05) is 0 Å². The summed E-state index contributed by atoms with van der Waals surface area (Å²) in [4.78, 5) is 0.309. The first-order chi connectivity index (χ1) is 8.35. The summed E-state index contributed by atoms with van der Waals surface area (Å²) in [5.41, 5.74) is 2.45. The minimum Gasteiger partial charge on any atom is -0.199 e. The first-order valence-corrected chi connectivity index (χ1v) is 7.60. The molecular formula is C12H13BrN2O2S. The zero-order valence-electron chi connectivity index (χ0n) is 10.3. The van der Waals surface area contributed by atoms with E-state index in [0.29, 0.717) is 10.5 Å². The van der Waals surface area contributed by atoms with Gasteiger partial charge in [-0.05, 0) is 43.5 Å². The fourth-order valence-corrected chi connectivity index (χ4v) is 4.03. The molecule has 1 aromatic heterocycles. The van der Waals surface area contributed by atoms with Crippen LogP contribution in [0.15, 0.2) is 33.9 Å². The highest BCUT2D eigenvalue weighted by Gasteiger charge is 2.24. The van der Waals surface area contributed by atoms with Gasteiger partial charge in [0.15, 0.2) is 0 Å². The van der Waals surface area contributed by atoms with E-state index in [0.717, 1.165) is 19.7 Å². The molecule has 2 rings (SSSR count). The van der Waals surface area contributed by atoms with E-state index in [1.165, 1.54) is 12.4 Å². The van der Waals surface area contributed by atoms with Crippen molar-refractivity contribution in [3.05, 3.63) is 45.7 Å². The molecule has 0 unspecified atom stereocenters. The summed E-state index contributed by atoms with van der Waals surface area (Å²) in [6, 6.07) is 3.44. The first kappa shape index (κ1) is 13.3. The zero-order chi connectivity index (χ0) is 13.5. The second-order valence-corrected chi connectivity index (χ2v) is 6.69. The van der Waals surface area contributed by atoms with Gasteiger partial charge in [0.2, 0.25) is 0 Å². The molecule has 0 saturated heterocycles. The molecule has 96 valence electrons. The third-order valence-corrected chi connectivity index (χ3v) is 5.86. The molecule has 0 saturated carbocycles. The molecule has 2 aromatic rings. The molecule has 18 heavy (non-hydrogen) atoms. The highest BCUT2D eigenvalue weighted by Crippen LogP contribution is 2.30. The molecule has 1 aromatic carbocycles. The number of aromatic nitrogens is 2. The predicted octanol–water partition coefficient (Wildman–Crippen LogP) is 2.81. The van der Waals surface area contributed by atoms with E-state index >= 15 is 0 Å². The molecule has 4 nitrogen and oxygen atoms in total. The fraction of sp³-hybridized carbons (Fsp3) is 0.250. The Morgan fingerprint density at radius 2 is 1.89 bits per heavy atom. The Hall–Kier alpha value is -1.14. The Morgan fingerprint density at radius 3 is 2.44 bits per heavy atom. The van der Waals surface area contributed by atoms with Crippen LogP contribution in [0.1, 0.15) is 16.7 Å². The number of nitrogens with zero attached hydrogens (tertiary/aromatic N) is 2. The van der Waals surface area contributed by atoms with E-state index in [4.69, 9.17) is 0 Å². The van der Waals surface area contributed by atoms with E-state index < -0.39 is 10.0 Å². The van der Waals surface area contributed by atoms with Crippen molar-refractivity contribution >= 4 is 26.0 Å². The first-order valence-electron chi connectivity index (χ1n) is 5.37. The van der Waals surface area contributed by atoms with Crippen LogP contribution in [0.4, 0.5) is 0 Å². The van der Waals surface area contributed by atoms with Crippen LogP contribution in [0.5, 0.6) is 0 Å². The molecule has 1 heterocycles. The van der Waals surface area contributed by atoms with E-state index in [1.807, 2.05) is 13.0 Å². The maximum absolute atomic E-state index is 12.5. The fourth-order valence-electron chi connectivity index (χ4n) is 2.03. The van der Waals surface area contributed by atoms with Crippen molar-refractivity contribution in [2.24, 2.45) is 0 Å². The molecule has 0 spiro atoms. The van der Waals surface area contributed by atoms with Crippen LogP contribution in [-0.2, 0) is 10.0 Å². The zero-order valence-corrected chi connectivity index (χ0v) is 12.7. The number of hydrogen-bond acceptors (Lipinski definition) is 3. The van der Waals surface area contributed by atoms with Crippen LogP contribution >= 0.6 is 15.9 Å². The van der Waals surface area contributed by atoms with Gasteiger partial charge in [-0.3, -0.25) is 0 Å². The van der Waals surface area contributed by atoms with E-state index in [1.54, 1.807) is 19.9 Å². The van der Waals surface area contributed by atoms with Gasteiger partial charge in [-0.2, -0.15) is 17.6 Å². The molecule has 6 heteroatoms. The van der Waals surface area contributed by atoms with E-state index in [9.17, 15) is 8.42 Å². The maximum Gasteiger partial charge on any atom is 0.283 e. The molecule has 0 aliphatic rings. The topological polar surface area (TPSA) is 52.0 Å². The quantitative estimate of drug-likeness (QED) is 0.851. The summed E-state index contributed by atoms with van der Waals surface area (Å²) in [6.45, 7) is 5.53. The van der Waals surface area contributed by atoms with Crippen molar-refractivity contribution in [1.82, 2.24) is 9.19 Å². The van der Waals surface area contributed by atoms with Gasteiger partial charge in [0.25, 0.3) is 10.0 Å². The molecular weight excluding hydrogens is 316 g/mol. The molecule has 0 N–H and O–H groups in total. The minimum absolute atomic E-state index is 0.309. The third-order valence-electron chi connectivity index (χ3n) is 2.79. The lowest BCUT2D eigenvalue weighted by molar-refractivity contribution is 0.578.